The van der Waals surface area contributed by atoms with Gasteiger partial charge in [0.15, 0.2) is 0 Å². The Bertz CT molecular complexity index is 237. The van der Waals surface area contributed by atoms with Crippen molar-refractivity contribution in [3.05, 3.63) is 20.8 Å². The summed E-state index contributed by atoms with van der Waals surface area (Å²) >= 11 is 5.09. The highest BCUT2D eigenvalue weighted by atomic mass is 79.9. The van der Waals surface area contributed by atoms with Crippen LogP contribution in [0.1, 0.15) is 23.8 Å². The molecule has 0 saturated carbocycles. The third-order valence-electron chi connectivity index (χ3n) is 1.67. The molecule has 4 heteroatoms. The summed E-state index contributed by atoms with van der Waals surface area (Å²) in [4.78, 5) is 1.23. The molecule has 1 rings (SSSR count). The number of thiophene rings is 1. The molecule has 0 aliphatic rings. The van der Waals surface area contributed by atoms with Gasteiger partial charge in [0.1, 0.15) is 0 Å². The first-order valence-electron chi connectivity index (χ1n) is 3.93. The zero-order valence-corrected chi connectivity index (χ0v) is 9.20. The van der Waals surface area contributed by atoms with Crippen molar-refractivity contribution in [2.45, 2.75) is 18.9 Å². The average Bonchev–Trinajstić information content (AvgIpc) is 2.47. The van der Waals surface area contributed by atoms with Crippen molar-refractivity contribution in [3.63, 3.8) is 0 Å². The third-order valence-corrected chi connectivity index (χ3v) is 3.50. The lowest BCUT2D eigenvalue weighted by molar-refractivity contribution is 0.626. The topological polar surface area (TPSA) is 52.0 Å². The summed E-state index contributed by atoms with van der Waals surface area (Å²) in [7, 11) is 0. The molecule has 0 unspecified atom stereocenters. The number of hydrogen-bond acceptors (Lipinski definition) is 3. The summed E-state index contributed by atoms with van der Waals surface area (Å²) in [6.45, 7) is 0.722. The predicted molar refractivity (Wildman–Crippen MR) is 57.2 cm³/mol. The van der Waals surface area contributed by atoms with E-state index in [9.17, 15) is 0 Å². The van der Waals surface area contributed by atoms with Gasteiger partial charge in [-0.2, -0.15) is 0 Å². The second kappa shape index (κ2) is 4.97. The van der Waals surface area contributed by atoms with Crippen molar-refractivity contribution < 1.29 is 0 Å². The Hall–Kier alpha value is 0.1000. The zero-order valence-electron chi connectivity index (χ0n) is 6.79. The Balaban J connectivity index is 2.47. The largest absolute Gasteiger partial charge is 0.330 e. The molecule has 0 radical (unpaired) electrons. The standard InChI is InChI=1S/C8H13BrN2S/c9-6-4-8(12-5-6)7(11)2-1-3-10/h4-5,7H,1-3,10-11H2/t7-/m1/s1. The number of rotatable bonds is 4. The van der Waals surface area contributed by atoms with E-state index in [2.05, 4.69) is 27.4 Å². The smallest absolute Gasteiger partial charge is 0.0390 e. The summed E-state index contributed by atoms with van der Waals surface area (Å²) in [6.07, 6.45) is 1.97. The molecule has 1 aromatic rings. The molecule has 0 aliphatic heterocycles. The Morgan fingerprint density at radius 2 is 2.33 bits per heavy atom. The predicted octanol–water partition coefficient (Wildman–Crippen LogP) is 2.25. The van der Waals surface area contributed by atoms with E-state index in [4.69, 9.17) is 11.5 Å². The molecule has 1 aromatic heterocycles. The van der Waals surface area contributed by atoms with Gasteiger partial charge in [-0.25, -0.2) is 0 Å². The molecule has 68 valence electrons. The Morgan fingerprint density at radius 1 is 1.58 bits per heavy atom. The van der Waals surface area contributed by atoms with Gasteiger partial charge < -0.3 is 11.5 Å². The quantitative estimate of drug-likeness (QED) is 0.859. The van der Waals surface area contributed by atoms with Gasteiger partial charge >= 0.3 is 0 Å². The highest BCUT2D eigenvalue weighted by Crippen LogP contribution is 2.26. The number of nitrogens with two attached hydrogens (primary N) is 2. The lowest BCUT2D eigenvalue weighted by Crippen LogP contribution is -2.10. The van der Waals surface area contributed by atoms with Gasteiger partial charge in [-0.3, -0.25) is 0 Å². The fourth-order valence-corrected chi connectivity index (χ4v) is 2.49. The fraction of sp³-hybridized carbons (Fsp3) is 0.500. The Kier molecular flexibility index (Phi) is 4.21. The second-order valence-electron chi connectivity index (χ2n) is 2.70. The summed E-state index contributed by atoms with van der Waals surface area (Å²) < 4.78 is 1.12. The molecule has 0 saturated heterocycles. The van der Waals surface area contributed by atoms with Crippen LogP contribution in [-0.4, -0.2) is 6.54 Å². The highest BCUT2D eigenvalue weighted by molar-refractivity contribution is 9.10. The summed E-state index contributed by atoms with van der Waals surface area (Å²) in [6, 6.07) is 2.23. The fourth-order valence-electron chi connectivity index (χ4n) is 1.00. The van der Waals surface area contributed by atoms with Crippen LogP contribution in [0, 0.1) is 0 Å². The molecule has 0 spiro atoms. The second-order valence-corrected chi connectivity index (χ2v) is 4.56. The van der Waals surface area contributed by atoms with Crippen molar-refractivity contribution in [1.82, 2.24) is 0 Å². The van der Waals surface area contributed by atoms with Crippen LogP contribution in [0.25, 0.3) is 0 Å². The van der Waals surface area contributed by atoms with Gasteiger partial charge in [0.2, 0.25) is 0 Å². The van der Waals surface area contributed by atoms with Gasteiger partial charge in [-0.05, 0) is 41.4 Å². The average molecular weight is 249 g/mol. The molecule has 2 nitrogen and oxygen atoms in total. The van der Waals surface area contributed by atoms with Crippen LogP contribution in [0.15, 0.2) is 15.9 Å². The van der Waals surface area contributed by atoms with Gasteiger partial charge in [-0.1, -0.05) is 0 Å². The van der Waals surface area contributed by atoms with E-state index in [1.165, 1.54) is 4.88 Å². The molecular formula is C8H13BrN2S. The number of halogens is 1. The molecule has 0 fully saturated rings. The maximum Gasteiger partial charge on any atom is 0.0390 e. The molecule has 12 heavy (non-hydrogen) atoms. The molecule has 1 atom stereocenters. The van der Waals surface area contributed by atoms with Crippen molar-refractivity contribution >= 4 is 27.3 Å². The van der Waals surface area contributed by atoms with Gasteiger partial charge in [0.05, 0.1) is 0 Å². The van der Waals surface area contributed by atoms with Gasteiger partial charge in [0.25, 0.3) is 0 Å². The summed E-state index contributed by atoms with van der Waals surface area (Å²) in [5.41, 5.74) is 11.3. The lowest BCUT2D eigenvalue weighted by atomic mass is 10.1. The molecule has 0 bridgehead atoms. The maximum absolute atomic E-state index is 5.93. The first kappa shape index (κ1) is 10.2. The van der Waals surface area contributed by atoms with Crippen LogP contribution in [0.2, 0.25) is 0 Å². The van der Waals surface area contributed by atoms with Crippen LogP contribution in [-0.2, 0) is 0 Å². The normalized spacial score (nSPS) is 13.2. The zero-order chi connectivity index (χ0) is 8.97. The minimum Gasteiger partial charge on any atom is -0.330 e. The minimum atomic E-state index is 0.157. The Labute approximate surface area is 85.1 Å². The minimum absolute atomic E-state index is 0.157. The first-order chi connectivity index (χ1) is 5.74. The molecule has 0 aliphatic carbocycles. The van der Waals surface area contributed by atoms with E-state index in [0.29, 0.717) is 0 Å². The van der Waals surface area contributed by atoms with Gasteiger partial charge in [0, 0.05) is 20.8 Å². The van der Waals surface area contributed by atoms with Crippen molar-refractivity contribution in [2.24, 2.45) is 11.5 Å². The first-order valence-corrected chi connectivity index (χ1v) is 5.61. The third kappa shape index (κ3) is 2.86. The van der Waals surface area contributed by atoms with Crippen molar-refractivity contribution in [3.8, 4) is 0 Å². The molecule has 0 amide bonds. The summed E-state index contributed by atoms with van der Waals surface area (Å²) in [5, 5.41) is 2.05. The van der Waals surface area contributed by atoms with E-state index in [1.807, 2.05) is 0 Å². The SMILES string of the molecule is NCCC[C@@H](N)c1cc(Br)cs1. The van der Waals surface area contributed by atoms with E-state index in [-0.39, 0.29) is 6.04 Å². The summed E-state index contributed by atoms with van der Waals surface area (Å²) in [5.74, 6) is 0. The molecular weight excluding hydrogens is 236 g/mol. The molecule has 4 N–H and O–H groups in total. The number of hydrogen-bond donors (Lipinski definition) is 2. The molecule has 1 heterocycles. The molecule has 0 aromatic carbocycles. The van der Waals surface area contributed by atoms with Crippen molar-refractivity contribution in [2.75, 3.05) is 6.54 Å². The van der Waals surface area contributed by atoms with Gasteiger partial charge in [-0.15, -0.1) is 11.3 Å². The van der Waals surface area contributed by atoms with Crippen LogP contribution >= 0.6 is 27.3 Å². The van der Waals surface area contributed by atoms with E-state index >= 15 is 0 Å². The van der Waals surface area contributed by atoms with E-state index in [0.717, 1.165) is 23.9 Å². The monoisotopic (exact) mass is 248 g/mol. The highest BCUT2D eigenvalue weighted by Gasteiger charge is 2.07. The maximum atomic E-state index is 5.93. The Morgan fingerprint density at radius 3 is 2.83 bits per heavy atom. The lowest BCUT2D eigenvalue weighted by Gasteiger charge is -2.07. The van der Waals surface area contributed by atoms with Crippen LogP contribution < -0.4 is 11.5 Å². The van der Waals surface area contributed by atoms with Crippen LogP contribution in [0.5, 0.6) is 0 Å². The van der Waals surface area contributed by atoms with Crippen LogP contribution in [0.4, 0.5) is 0 Å². The van der Waals surface area contributed by atoms with E-state index < -0.39 is 0 Å². The van der Waals surface area contributed by atoms with Crippen LogP contribution in [0.3, 0.4) is 0 Å². The van der Waals surface area contributed by atoms with E-state index in [1.54, 1.807) is 11.3 Å². The van der Waals surface area contributed by atoms with Crippen molar-refractivity contribution in [1.29, 1.82) is 0 Å².